The van der Waals surface area contributed by atoms with Crippen molar-refractivity contribution >= 4 is 28.3 Å². The van der Waals surface area contributed by atoms with Gasteiger partial charge in [0.25, 0.3) is 5.69 Å². The van der Waals surface area contributed by atoms with E-state index in [1.165, 1.54) is 12.1 Å². The molecule has 0 saturated carbocycles. The molecular formula is C11H13IN2O4. The Bertz CT molecular complexity index is 435. The number of nitro benzene ring substituents is 1. The van der Waals surface area contributed by atoms with Crippen LogP contribution in [0.4, 0.5) is 5.69 Å². The molecule has 0 radical (unpaired) electrons. The van der Waals surface area contributed by atoms with Crippen molar-refractivity contribution < 1.29 is 14.4 Å². The largest absolute Gasteiger partial charge is 0.490 e. The number of nitrogens with zero attached hydrogens (tertiary/aromatic N) is 1. The van der Waals surface area contributed by atoms with Crippen molar-refractivity contribution in [1.82, 2.24) is 5.32 Å². The van der Waals surface area contributed by atoms with Gasteiger partial charge in [-0.1, -0.05) is 0 Å². The van der Waals surface area contributed by atoms with E-state index in [4.69, 9.17) is 9.47 Å². The van der Waals surface area contributed by atoms with Gasteiger partial charge in [0.2, 0.25) is 0 Å². The van der Waals surface area contributed by atoms with Gasteiger partial charge >= 0.3 is 0 Å². The lowest BCUT2D eigenvalue weighted by atomic mass is 10.3. The van der Waals surface area contributed by atoms with Crippen LogP contribution in [0.1, 0.15) is 0 Å². The molecule has 1 aliphatic rings. The third-order valence-electron chi connectivity index (χ3n) is 2.56. The van der Waals surface area contributed by atoms with Crippen LogP contribution in [0.2, 0.25) is 0 Å². The second-order valence-corrected chi connectivity index (χ2v) is 5.04. The first-order chi connectivity index (χ1) is 8.66. The Morgan fingerprint density at radius 3 is 3.06 bits per heavy atom. The highest BCUT2D eigenvalue weighted by atomic mass is 127. The average Bonchev–Trinajstić information content (AvgIpc) is 2.38. The molecule has 1 aromatic rings. The van der Waals surface area contributed by atoms with Crippen LogP contribution in [0, 0.1) is 13.7 Å². The first-order valence-corrected chi connectivity index (χ1v) is 6.64. The number of rotatable bonds is 4. The number of non-ortho nitro benzene ring substituents is 1. The number of nitrogens with one attached hydrogen (secondary N) is 1. The quantitative estimate of drug-likeness (QED) is 0.499. The molecule has 1 heterocycles. The van der Waals surface area contributed by atoms with Crippen molar-refractivity contribution in [1.29, 1.82) is 0 Å². The summed E-state index contributed by atoms with van der Waals surface area (Å²) in [6.07, 6.45) is 0.0322. The Kier molecular flexibility index (Phi) is 4.72. The van der Waals surface area contributed by atoms with Gasteiger partial charge in [0.05, 0.1) is 15.1 Å². The van der Waals surface area contributed by atoms with Gasteiger partial charge in [0.1, 0.15) is 18.5 Å². The van der Waals surface area contributed by atoms with Crippen molar-refractivity contribution in [3.8, 4) is 5.75 Å². The third-order valence-corrected chi connectivity index (χ3v) is 3.40. The zero-order valence-corrected chi connectivity index (χ0v) is 11.8. The molecule has 1 aromatic carbocycles. The first kappa shape index (κ1) is 13.5. The normalized spacial score (nSPS) is 19.5. The highest BCUT2D eigenvalue weighted by Crippen LogP contribution is 2.25. The van der Waals surface area contributed by atoms with Gasteiger partial charge in [-0.05, 0) is 28.7 Å². The summed E-state index contributed by atoms with van der Waals surface area (Å²) < 4.78 is 11.8. The number of hydrogen-bond donors (Lipinski definition) is 1. The van der Waals surface area contributed by atoms with Crippen LogP contribution < -0.4 is 10.1 Å². The number of hydrogen-bond acceptors (Lipinski definition) is 5. The molecule has 18 heavy (non-hydrogen) atoms. The number of benzene rings is 1. The Morgan fingerprint density at radius 2 is 2.44 bits per heavy atom. The van der Waals surface area contributed by atoms with Gasteiger partial charge in [-0.25, -0.2) is 0 Å². The lowest BCUT2D eigenvalue weighted by Gasteiger charge is -2.23. The van der Waals surface area contributed by atoms with Gasteiger partial charge in [-0.15, -0.1) is 0 Å². The molecule has 1 saturated heterocycles. The van der Waals surface area contributed by atoms with E-state index in [0.717, 1.165) is 16.7 Å². The smallest absolute Gasteiger partial charge is 0.270 e. The molecule has 1 aliphatic heterocycles. The fourth-order valence-corrected chi connectivity index (χ4v) is 2.28. The fraction of sp³-hybridized carbons (Fsp3) is 0.455. The van der Waals surface area contributed by atoms with Crippen LogP contribution >= 0.6 is 22.6 Å². The van der Waals surface area contributed by atoms with E-state index < -0.39 is 4.92 Å². The van der Waals surface area contributed by atoms with E-state index in [1.807, 2.05) is 22.6 Å². The summed E-state index contributed by atoms with van der Waals surface area (Å²) in [4.78, 5) is 10.2. The Hall–Kier alpha value is -0.930. The zero-order chi connectivity index (χ0) is 13.0. The molecule has 7 heteroatoms. The molecule has 1 unspecified atom stereocenters. The minimum Gasteiger partial charge on any atom is -0.490 e. The monoisotopic (exact) mass is 364 g/mol. The zero-order valence-electron chi connectivity index (χ0n) is 9.60. The predicted octanol–water partition coefficient (Wildman–Crippen LogP) is 1.57. The van der Waals surface area contributed by atoms with Gasteiger partial charge in [-0.2, -0.15) is 0 Å². The average molecular weight is 364 g/mol. The summed E-state index contributed by atoms with van der Waals surface area (Å²) in [5.41, 5.74) is 0.0716. The van der Waals surface area contributed by atoms with Crippen molar-refractivity contribution in [2.75, 3.05) is 26.3 Å². The number of nitro groups is 1. The molecular weight excluding hydrogens is 351 g/mol. The van der Waals surface area contributed by atoms with Crippen LogP contribution in [0.25, 0.3) is 0 Å². The highest BCUT2D eigenvalue weighted by molar-refractivity contribution is 14.1. The summed E-state index contributed by atoms with van der Waals surface area (Å²) >= 11 is 2.03. The predicted molar refractivity (Wildman–Crippen MR) is 73.9 cm³/mol. The van der Waals surface area contributed by atoms with Crippen LogP contribution in [0.5, 0.6) is 5.75 Å². The maximum atomic E-state index is 10.6. The third kappa shape index (κ3) is 3.53. The summed E-state index contributed by atoms with van der Waals surface area (Å²) in [7, 11) is 0. The van der Waals surface area contributed by atoms with E-state index in [9.17, 15) is 10.1 Å². The summed E-state index contributed by atoms with van der Waals surface area (Å²) in [5, 5.41) is 13.8. The Labute approximate surface area is 118 Å². The maximum absolute atomic E-state index is 10.6. The van der Waals surface area contributed by atoms with Crippen molar-refractivity contribution in [2.24, 2.45) is 0 Å². The molecule has 0 spiro atoms. The minimum absolute atomic E-state index is 0.0322. The summed E-state index contributed by atoms with van der Waals surface area (Å²) in [6.45, 7) is 2.77. The van der Waals surface area contributed by atoms with Crippen molar-refractivity contribution in [2.45, 2.75) is 6.10 Å². The molecule has 2 rings (SSSR count). The Balaban J connectivity index is 1.94. The molecule has 1 fully saturated rings. The van der Waals surface area contributed by atoms with Crippen LogP contribution in [0.3, 0.4) is 0 Å². The lowest BCUT2D eigenvalue weighted by Crippen LogP contribution is -2.41. The second kappa shape index (κ2) is 6.30. The molecule has 1 atom stereocenters. The molecule has 0 aliphatic carbocycles. The minimum atomic E-state index is -0.417. The summed E-state index contributed by atoms with van der Waals surface area (Å²) in [5.74, 6) is 0.648. The van der Waals surface area contributed by atoms with E-state index >= 15 is 0 Å². The molecule has 1 N–H and O–H groups in total. The van der Waals surface area contributed by atoms with Crippen LogP contribution in [-0.4, -0.2) is 37.3 Å². The fourth-order valence-electron chi connectivity index (χ4n) is 1.63. The van der Waals surface area contributed by atoms with Gasteiger partial charge in [0.15, 0.2) is 0 Å². The van der Waals surface area contributed by atoms with Crippen LogP contribution in [-0.2, 0) is 4.74 Å². The molecule has 0 amide bonds. The Morgan fingerprint density at radius 1 is 1.61 bits per heavy atom. The molecule has 0 bridgehead atoms. The SMILES string of the molecule is O=[N+]([O-])c1ccc(OCC2CNCCO2)c(I)c1. The van der Waals surface area contributed by atoms with E-state index in [0.29, 0.717) is 19.0 Å². The second-order valence-electron chi connectivity index (χ2n) is 3.88. The maximum Gasteiger partial charge on any atom is 0.270 e. The molecule has 6 nitrogen and oxygen atoms in total. The molecule has 0 aromatic heterocycles. The first-order valence-electron chi connectivity index (χ1n) is 5.56. The number of morpholine rings is 1. The highest BCUT2D eigenvalue weighted by Gasteiger charge is 2.15. The number of halogens is 1. The van der Waals surface area contributed by atoms with E-state index in [-0.39, 0.29) is 11.8 Å². The van der Waals surface area contributed by atoms with E-state index in [1.54, 1.807) is 6.07 Å². The van der Waals surface area contributed by atoms with Gasteiger partial charge in [-0.3, -0.25) is 10.1 Å². The number of ether oxygens (including phenoxy) is 2. The lowest BCUT2D eigenvalue weighted by molar-refractivity contribution is -0.385. The standard InChI is InChI=1S/C11H13IN2O4/c12-10-5-8(14(15)16)1-2-11(10)18-7-9-6-13-3-4-17-9/h1-2,5,9,13H,3-4,6-7H2. The molecule has 98 valence electrons. The summed E-state index contributed by atoms with van der Waals surface area (Å²) in [6, 6.07) is 4.56. The topological polar surface area (TPSA) is 73.6 Å². The van der Waals surface area contributed by atoms with Gasteiger partial charge in [0, 0.05) is 25.2 Å². The van der Waals surface area contributed by atoms with Gasteiger partial charge < -0.3 is 14.8 Å². The van der Waals surface area contributed by atoms with E-state index in [2.05, 4.69) is 5.32 Å². The van der Waals surface area contributed by atoms with Crippen molar-refractivity contribution in [3.63, 3.8) is 0 Å². The van der Waals surface area contributed by atoms with Crippen molar-refractivity contribution in [3.05, 3.63) is 31.9 Å². The van der Waals surface area contributed by atoms with Crippen LogP contribution in [0.15, 0.2) is 18.2 Å².